The summed E-state index contributed by atoms with van der Waals surface area (Å²) < 4.78 is 5.10. The summed E-state index contributed by atoms with van der Waals surface area (Å²) in [6.07, 6.45) is 7.06. The van der Waals surface area contributed by atoms with Crippen LogP contribution in [0, 0.1) is 5.41 Å². The third-order valence-electron chi connectivity index (χ3n) is 3.70. The summed E-state index contributed by atoms with van der Waals surface area (Å²) in [6, 6.07) is 0. The van der Waals surface area contributed by atoms with E-state index in [1.807, 2.05) is 0 Å². The number of aldehydes is 1. The van der Waals surface area contributed by atoms with Crippen molar-refractivity contribution >= 4 is 6.29 Å². The number of likely N-dealkylation sites (N-methyl/N-ethyl adjacent to an activating group) is 1. The first-order valence-corrected chi connectivity index (χ1v) is 6.44. The molecule has 94 valence electrons. The zero-order chi connectivity index (χ0) is 11.9. The van der Waals surface area contributed by atoms with Crippen LogP contribution in [0.25, 0.3) is 0 Å². The molecule has 1 saturated carbocycles. The van der Waals surface area contributed by atoms with Gasteiger partial charge in [-0.1, -0.05) is 26.2 Å². The van der Waals surface area contributed by atoms with Crippen molar-refractivity contribution in [1.29, 1.82) is 0 Å². The van der Waals surface area contributed by atoms with Crippen LogP contribution >= 0.6 is 0 Å². The van der Waals surface area contributed by atoms with E-state index >= 15 is 0 Å². The van der Waals surface area contributed by atoms with Crippen LogP contribution in [0.15, 0.2) is 0 Å². The Morgan fingerprint density at radius 3 is 2.50 bits per heavy atom. The molecule has 0 aromatic rings. The van der Waals surface area contributed by atoms with E-state index in [0.29, 0.717) is 0 Å². The van der Waals surface area contributed by atoms with Crippen LogP contribution in [0.4, 0.5) is 0 Å². The van der Waals surface area contributed by atoms with Crippen LogP contribution in [-0.4, -0.2) is 44.5 Å². The van der Waals surface area contributed by atoms with Gasteiger partial charge in [0.2, 0.25) is 0 Å². The zero-order valence-corrected chi connectivity index (χ0v) is 10.7. The van der Waals surface area contributed by atoms with Gasteiger partial charge in [0, 0.05) is 25.6 Å². The second-order valence-electron chi connectivity index (χ2n) is 4.90. The monoisotopic (exact) mass is 227 g/mol. The SMILES string of the molecule is CCN(CCOC)CC1(C=O)CCCCC1. The molecular weight excluding hydrogens is 202 g/mol. The number of ether oxygens (including phenoxy) is 1. The van der Waals surface area contributed by atoms with Crippen molar-refractivity contribution in [2.75, 3.05) is 33.4 Å². The van der Waals surface area contributed by atoms with Crippen LogP contribution in [0.3, 0.4) is 0 Å². The molecule has 0 bridgehead atoms. The highest BCUT2D eigenvalue weighted by Crippen LogP contribution is 2.35. The number of rotatable bonds is 7. The molecule has 0 atom stereocenters. The van der Waals surface area contributed by atoms with E-state index in [1.165, 1.54) is 25.5 Å². The molecule has 0 aliphatic heterocycles. The molecule has 0 aromatic heterocycles. The van der Waals surface area contributed by atoms with Crippen molar-refractivity contribution in [3.8, 4) is 0 Å². The second-order valence-corrected chi connectivity index (χ2v) is 4.90. The molecule has 0 N–H and O–H groups in total. The lowest BCUT2D eigenvalue weighted by Crippen LogP contribution is -2.41. The molecule has 1 aliphatic rings. The van der Waals surface area contributed by atoms with Crippen molar-refractivity contribution in [1.82, 2.24) is 4.90 Å². The Morgan fingerprint density at radius 1 is 1.31 bits per heavy atom. The molecular formula is C13H25NO2. The Hall–Kier alpha value is -0.410. The summed E-state index contributed by atoms with van der Waals surface area (Å²) >= 11 is 0. The number of methoxy groups -OCH3 is 1. The minimum absolute atomic E-state index is 0.0675. The van der Waals surface area contributed by atoms with E-state index in [-0.39, 0.29) is 5.41 Å². The topological polar surface area (TPSA) is 29.5 Å². The van der Waals surface area contributed by atoms with E-state index in [4.69, 9.17) is 4.74 Å². The smallest absolute Gasteiger partial charge is 0.127 e. The number of nitrogens with zero attached hydrogens (tertiary/aromatic N) is 1. The Bertz CT molecular complexity index is 200. The predicted molar refractivity (Wildman–Crippen MR) is 65.6 cm³/mol. The standard InChI is InChI=1S/C13H25NO2/c1-3-14(9-10-16-2)11-13(12-15)7-5-4-6-8-13/h12H,3-11H2,1-2H3. The molecule has 16 heavy (non-hydrogen) atoms. The third kappa shape index (κ3) is 3.87. The highest BCUT2D eigenvalue weighted by Gasteiger charge is 2.33. The number of carbonyl (C=O) groups is 1. The van der Waals surface area contributed by atoms with Crippen LogP contribution in [-0.2, 0) is 9.53 Å². The van der Waals surface area contributed by atoms with Crippen molar-refractivity contribution in [3.63, 3.8) is 0 Å². The number of hydrogen-bond donors (Lipinski definition) is 0. The lowest BCUT2D eigenvalue weighted by atomic mass is 9.75. The maximum Gasteiger partial charge on any atom is 0.127 e. The van der Waals surface area contributed by atoms with E-state index in [0.717, 1.165) is 39.1 Å². The third-order valence-corrected chi connectivity index (χ3v) is 3.70. The van der Waals surface area contributed by atoms with Crippen LogP contribution in [0.1, 0.15) is 39.0 Å². The fourth-order valence-corrected chi connectivity index (χ4v) is 2.58. The van der Waals surface area contributed by atoms with Crippen molar-refractivity contribution < 1.29 is 9.53 Å². The Labute approximate surface area is 99.1 Å². The van der Waals surface area contributed by atoms with Gasteiger partial charge in [-0.3, -0.25) is 0 Å². The highest BCUT2D eigenvalue weighted by molar-refractivity contribution is 5.60. The Kier molecular flexibility index (Phi) is 5.99. The van der Waals surface area contributed by atoms with E-state index in [1.54, 1.807) is 7.11 Å². The maximum atomic E-state index is 11.3. The second kappa shape index (κ2) is 7.02. The van der Waals surface area contributed by atoms with Gasteiger partial charge in [0.05, 0.1) is 6.61 Å². The fourth-order valence-electron chi connectivity index (χ4n) is 2.58. The average molecular weight is 227 g/mol. The minimum Gasteiger partial charge on any atom is -0.383 e. The first kappa shape index (κ1) is 13.7. The highest BCUT2D eigenvalue weighted by atomic mass is 16.5. The maximum absolute atomic E-state index is 11.3. The molecule has 0 amide bonds. The summed E-state index contributed by atoms with van der Waals surface area (Å²) in [7, 11) is 1.73. The Morgan fingerprint density at radius 2 is 2.00 bits per heavy atom. The molecule has 3 nitrogen and oxygen atoms in total. The van der Waals surface area contributed by atoms with Gasteiger partial charge in [-0.05, 0) is 19.4 Å². The summed E-state index contributed by atoms with van der Waals surface area (Å²) in [5.41, 5.74) is -0.0675. The van der Waals surface area contributed by atoms with E-state index < -0.39 is 0 Å². The van der Waals surface area contributed by atoms with Gasteiger partial charge in [0.1, 0.15) is 6.29 Å². The first-order chi connectivity index (χ1) is 7.76. The summed E-state index contributed by atoms with van der Waals surface area (Å²) in [6.45, 7) is 5.75. The van der Waals surface area contributed by atoms with Crippen molar-refractivity contribution in [2.24, 2.45) is 5.41 Å². The zero-order valence-electron chi connectivity index (χ0n) is 10.7. The van der Waals surface area contributed by atoms with Crippen molar-refractivity contribution in [2.45, 2.75) is 39.0 Å². The summed E-state index contributed by atoms with van der Waals surface area (Å²) in [5, 5.41) is 0. The quantitative estimate of drug-likeness (QED) is 0.624. The minimum atomic E-state index is -0.0675. The molecule has 0 saturated heterocycles. The summed E-state index contributed by atoms with van der Waals surface area (Å²) in [5.74, 6) is 0. The van der Waals surface area contributed by atoms with Crippen LogP contribution < -0.4 is 0 Å². The Balaban J connectivity index is 2.48. The molecule has 0 unspecified atom stereocenters. The van der Waals surface area contributed by atoms with Gasteiger partial charge in [0.15, 0.2) is 0 Å². The van der Waals surface area contributed by atoms with Gasteiger partial charge in [-0.25, -0.2) is 0 Å². The van der Waals surface area contributed by atoms with Gasteiger partial charge >= 0.3 is 0 Å². The van der Waals surface area contributed by atoms with Crippen LogP contribution in [0.2, 0.25) is 0 Å². The lowest BCUT2D eigenvalue weighted by molar-refractivity contribution is -0.119. The van der Waals surface area contributed by atoms with Crippen LogP contribution in [0.5, 0.6) is 0 Å². The molecule has 3 heteroatoms. The molecule has 1 rings (SSSR count). The fraction of sp³-hybridized carbons (Fsp3) is 0.923. The van der Waals surface area contributed by atoms with Gasteiger partial charge in [-0.15, -0.1) is 0 Å². The van der Waals surface area contributed by atoms with Gasteiger partial charge < -0.3 is 14.4 Å². The molecule has 0 radical (unpaired) electrons. The van der Waals surface area contributed by atoms with Gasteiger partial charge in [0.25, 0.3) is 0 Å². The van der Waals surface area contributed by atoms with E-state index in [9.17, 15) is 4.79 Å². The van der Waals surface area contributed by atoms with E-state index in [2.05, 4.69) is 11.8 Å². The molecule has 0 heterocycles. The largest absolute Gasteiger partial charge is 0.383 e. The molecule has 0 aromatic carbocycles. The normalized spacial score (nSPS) is 19.9. The lowest BCUT2D eigenvalue weighted by Gasteiger charge is -2.36. The van der Waals surface area contributed by atoms with Crippen molar-refractivity contribution in [3.05, 3.63) is 0 Å². The molecule has 0 spiro atoms. The average Bonchev–Trinajstić information content (AvgIpc) is 2.35. The molecule has 1 aliphatic carbocycles. The number of hydrogen-bond acceptors (Lipinski definition) is 3. The summed E-state index contributed by atoms with van der Waals surface area (Å²) in [4.78, 5) is 13.7. The molecule has 1 fully saturated rings. The first-order valence-electron chi connectivity index (χ1n) is 6.44. The van der Waals surface area contributed by atoms with Gasteiger partial charge in [-0.2, -0.15) is 0 Å². The number of carbonyl (C=O) groups excluding carboxylic acids is 1. The predicted octanol–water partition coefficient (Wildman–Crippen LogP) is 2.10.